The summed E-state index contributed by atoms with van der Waals surface area (Å²) in [5.41, 5.74) is 2.46. The van der Waals surface area contributed by atoms with Gasteiger partial charge in [0.15, 0.2) is 0 Å². The Hall–Kier alpha value is -2.87. The van der Waals surface area contributed by atoms with Crippen LogP contribution in [0.2, 0.25) is 0 Å². The lowest BCUT2D eigenvalue weighted by Crippen LogP contribution is -2.15. The number of ether oxygens (including phenoxy) is 1. The minimum atomic E-state index is -3.83. The van der Waals surface area contributed by atoms with Gasteiger partial charge in [-0.15, -0.1) is 0 Å². The summed E-state index contributed by atoms with van der Waals surface area (Å²) in [4.78, 5) is 4.28. The van der Waals surface area contributed by atoms with Crippen molar-refractivity contribution < 1.29 is 17.7 Å². The van der Waals surface area contributed by atoms with Crippen LogP contribution in [0.25, 0.3) is 11.4 Å². The Morgan fingerprint density at radius 3 is 2.50 bits per heavy atom. The van der Waals surface area contributed by atoms with Gasteiger partial charge in [-0.1, -0.05) is 23.4 Å². The third-order valence-electron chi connectivity index (χ3n) is 3.86. The van der Waals surface area contributed by atoms with E-state index in [0.717, 1.165) is 5.56 Å². The molecule has 0 spiro atoms. The number of aryl methyl sites for hydroxylation is 3. The normalized spacial score (nSPS) is 11.4. The zero-order valence-corrected chi connectivity index (χ0v) is 15.7. The van der Waals surface area contributed by atoms with Crippen LogP contribution in [0.15, 0.2) is 45.8 Å². The highest BCUT2D eigenvalue weighted by molar-refractivity contribution is 7.92. The summed E-state index contributed by atoms with van der Waals surface area (Å²) in [5, 5.41) is 3.84. The van der Waals surface area contributed by atoms with Crippen molar-refractivity contribution >= 4 is 15.7 Å². The SMILES string of the molecule is COc1ccc(C)cc1NS(=O)(=O)c1cc(-c2noc(C)n2)ccc1C. The molecule has 8 heteroatoms. The number of benzene rings is 2. The van der Waals surface area contributed by atoms with Crippen molar-refractivity contribution in [3.63, 3.8) is 0 Å². The van der Waals surface area contributed by atoms with Crippen LogP contribution in [-0.2, 0) is 10.0 Å². The molecule has 0 unspecified atom stereocenters. The molecule has 2 aromatic carbocycles. The first kappa shape index (κ1) is 17.9. The molecular weight excluding hydrogens is 354 g/mol. The number of hydrogen-bond acceptors (Lipinski definition) is 6. The second-order valence-electron chi connectivity index (χ2n) is 5.93. The van der Waals surface area contributed by atoms with Gasteiger partial charge in [-0.25, -0.2) is 8.42 Å². The van der Waals surface area contributed by atoms with Gasteiger partial charge < -0.3 is 9.26 Å². The third kappa shape index (κ3) is 3.55. The van der Waals surface area contributed by atoms with E-state index in [1.807, 2.05) is 13.0 Å². The first-order valence-corrected chi connectivity index (χ1v) is 9.37. The summed E-state index contributed by atoms with van der Waals surface area (Å²) in [7, 11) is -2.34. The van der Waals surface area contributed by atoms with Gasteiger partial charge in [-0.05, 0) is 43.2 Å². The monoisotopic (exact) mass is 373 g/mol. The van der Waals surface area contributed by atoms with Crippen LogP contribution in [0, 0.1) is 20.8 Å². The van der Waals surface area contributed by atoms with Crippen LogP contribution in [0.1, 0.15) is 17.0 Å². The van der Waals surface area contributed by atoms with Gasteiger partial charge in [0.05, 0.1) is 17.7 Å². The Morgan fingerprint density at radius 2 is 1.85 bits per heavy atom. The standard InChI is InChI=1S/C18H19N3O4S/c1-11-5-8-16(24-4)15(9-11)21-26(22,23)17-10-14(7-6-12(17)2)18-19-13(3)25-20-18/h5-10,21H,1-4H3. The number of methoxy groups -OCH3 is 1. The highest BCUT2D eigenvalue weighted by atomic mass is 32.2. The lowest BCUT2D eigenvalue weighted by molar-refractivity contribution is 0.394. The van der Waals surface area contributed by atoms with E-state index < -0.39 is 10.0 Å². The number of nitrogens with zero attached hydrogens (tertiary/aromatic N) is 2. The third-order valence-corrected chi connectivity index (χ3v) is 5.37. The number of rotatable bonds is 5. The Morgan fingerprint density at radius 1 is 1.08 bits per heavy atom. The molecule has 7 nitrogen and oxygen atoms in total. The topological polar surface area (TPSA) is 94.3 Å². The largest absolute Gasteiger partial charge is 0.495 e. The number of sulfonamides is 1. The minimum Gasteiger partial charge on any atom is -0.495 e. The van der Waals surface area contributed by atoms with E-state index in [9.17, 15) is 8.42 Å². The summed E-state index contributed by atoms with van der Waals surface area (Å²) in [5.74, 6) is 1.20. The highest BCUT2D eigenvalue weighted by Gasteiger charge is 2.21. The summed E-state index contributed by atoms with van der Waals surface area (Å²) in [6.45, 7) is 5.28. The first-order chi connectivity index (χ1) is 12.3. The van der Waals surface area contributed by atoms with Crippen molar-refractivity contribution in [2.75, 3.05) is 11.8 Å². The van der Waals surface area contributed by atoms with Gasteiger partial charge in [0.1, 0.15) is 5.75 Å². The number of aromatic nitrogens is 2. The van der Waals surface area contributed by atoms with Gasteiger partial charge in [0, 0.05) is 12.5 Å². The maximum atomic E-state index is 13.0. The fourth-order valence-electron chi connectivity index (χ4n) is 2.55. The molecule has 0 aliphatic carbocycles. The number of hydrogen-bond donors (Lipinski definition) is 1. The van der Waals surface area contributed by atoms with Crippen LogP contribution in [-0.4, -0.2) is 25.7 Å². The molecule has 0 saturated carbocycles. The second-order valence-corrected chi connectivity index (χ2v) is 7.58. The molecule has 0 amide bonds. The second kappa shape index (κ2) is 6.80. The Bertz CT molecular complexity index is 1060. The molecule has 0 atom stereocenters. The summed E-state index contributed by atoms with van der Waals surface area (Å²) in [6, 6.07) is 10.3. The van der Waals surface area contributed by atoms with Gasteiger partial charge in [0.2, 0.25) is 11.7 Å². The van der Waals surface area contributed by atoms with Crippen molar-refractivity contribution in [2.24, 2.45) is 0 Å². The molecule has 1 N–H and O–H groups in total. The molecule has 1 heterocycles. The van der Waals surface area contributed by atoms with Crippen molar-refractivity contribution in [3.8, 4) is 17.1 Å². The zero-order valence-electron chi connectivity index (χ0n) is 14.9. The Balaban J connectivity index is 2.03. The molecular formula is C18H19N3O4S. The summed E-state index contributed by atoms with van der Waals surface area (Å²) < 4.78 is 38.7. The maximum absolute atomic E-state index is 13.0. The molecule has 0 bridgehead atoms. The average molecular weight is 373 g/mol. The first-order valence-electron chi connectivity index (χ1n) is 7.89. The predicted molar refractivity (Wildman–Crippen MR) is 97.7 cm³/mol. The molecule has 3 aromatic rings. The van der Waals surface area contributed by atoms with Gasteiger partial charge in [-0.2, -0.15) is 4.98 Å². The minimum absolute atomic E-state index is 0.140. The molecule has 26 heavy (non-hydrogen) atoms. The molecule has 0 aliphatic heterocycles. The Kier molecular flexibility index (Phi) is 4.69. The molecule has 1 aromatic heterocycles. The van der Waals surface area contributed by atoms with E-state index in [1.165, 1.54) is 13.2 Å². The molecule has 0 radical (unpaired) electrons. The van der Waals surface area contributed by atoms with E-state index in [-0.39, 0.29) is 4.90 Å². The smallest absolute Gasteiger partial charge is 0.262 e. The van der Waals surface area contributed by atoms with Crippen molar-refractivity contribution in [1.82, 2.24) is 10.1 Å². The fraction of sp³-hybridized carbons (Fsp3) is 0.222. The highest BCUT2D eigenvalue weighted by Crippen LogP contribution is 2.30. The van der Waals surface area contributed by atoms with Crippen LogP contribution < -0.4 is 9.46 Å². The van der Waals surface area contributed by atoms with E-state index in [4.69, 9.17) is 9.26 Å². The summed E-state index contributed by atoms with van der Waals surface area (Å²) >= 11 is 0. The van der Waals surface area contributed by atoms with E-state index in [2.05, 4.69) is 14.9 Å². The predicted octanol–water partition coefficient (Wildman–Crippen LogP) is 3.47. The van der Waals surface area contributed by atoms with Crippen molar-refractivity contribution in [2.45, 2.75) is 25.7 Å². The van der Waals surface area contributed by atoms with Crippen molar-refractivity contribution in [1.29, 1.82) is 0 Å². The molecule has 0 aliphatic rings. The number of anilines is 1. The molecule has 136 valence electrons. The summed E-state index contributed by atoms with van der Waals surface area (Å²) in [6.07, 6.45) is 0. The Labute approximate surface area is 152 Å². The molecule has 0 fully saturated rings. The molecule has 3 rings (SSSR count). The van der Waals surface area contributed by atoms with E-state index in [1.54, 1.807) is 38.1 Å². The van der Waals surface area contributed by atoms with Gasteiger partial charge >= 0.3 is 0 Å². The van der Waals surface area contributed by atoms with Gasteiger partial charge in [-0.3, -0.25) is 4.72 Å². The van der Waals surface area contributed by atoms with Crippen molar-refractivity contribution in [3.05, 3.63) is 53.4 Å². The van der Waals surface area contributed by atoms with Crippen LogP contribution in [0.4, 0.5) is 5.69 Å². The zero-order chi connectivity index (χ0) is 18.9. The van der Waals surface area contributed by atoms with Crippen LogP contribution >= 0.6 is 0 Å². The maximum Gasteiger partial charge on any atom is 0.262 e. The van der Waals surface area contributed by atoms with E-state index in [0.29, 0.717) is 34.3 Å². The molecule has 0 saturated heterocycles. The number of nitrogens with one attached hydrogen (secondary N) is 1. The van der Waals surface area contributed by atoms with E-state index >= 15 is 0 Å². The van der Waals surface area contributed by atoms with Crippen LogP contribution in [0.3, 0.4) is 0 Å². The lowest BCUT2D eigenvalue weighted by atomic mass is 10.1. The average Bonchev–Trinajstić information content (AvgIpc) is 3.01. The van der Waals surface area contributed by atoms with Gasteiger partial charge in [0.25, 0.3) is 10.0 Å². The quantitative estimate of drug-likeness (QED) is 0.736. The lowest BCUT2D eigenvalue weighted by Gasteiger charge is -2.14. The van der Waals surface area contributed by atoms with Crippen LogP contribution in [0.5, 0.6) is 5.75 Å². The fourth-order valence-corrected chi connectivity index (χ4v) is 3.88.